The molecule has 0 bridgehead atoms. The fourth-order valence-electron chi connectivity index (χ4n) is 15.0. The summed E-state index contributed by atoms with van der Waals surface area (Å²) < 4.78 is 218. The lowest BCUT2D eigenvalue weighted by molar-refractivity contribution is -0.277. The smallest absolute Gasteiger partial charge is 0.406 e. The van der Waals surface area contributed by atoms with E-state index in [0.717, 1.165) is 138 Å². The Morgan fingerprint density at radius 1 is 0.259 bits per heavy atom. The van der Waals surface area contributed by atoms with Crippen molar-refractivity contribution < 1.29 is 89.2 Å². The van der Waals surface area contributed by atoms with Gasteiger partial charge in [-0.3, -0.25) is 0 Å². The maximum Gasteiger partial charge on any atom is 0.573 e. The molecule has 8 aromatic carbocycles. The Morgan fingerprint density at radius 2 is 0.537 bits per heavy atom. The second-order valence-electron chi connectivity index (χ2n) is 30.2. The molecule has 0 heterocycles. The molecular weight excluding hydrogens is 1420 g/mol. The Hall–Kier alpha value is -8.16. The Bertz CT molecular complexity index is 3980. The zero-order chi connectivity index (χ0) is 77.8. The number of hydrogen-bond donors (Lipinski definition) is 0. The van der Waals surface area contributed by atoms with Crippen LogP contribution in [-0.2, 0) is 25.7 Å². The molecule has 0 radical (unpaired) electrons. The maximum atomic E-state index is 14.5. The number of hydrogen-bond acceptors (Lipinski definition) is 4. The third kappa shape index (κ3) is 28.4. The molecule has 0 unspecified atom stereocenters. The topological polar surface area (TPSA) is 36.9 Å². The minimum absolute atomic E-state index is 0.164. The molecule has 4 nitrogen and oxygen atoms in total. The molecular formula is C88H96F16O4. The van der Waals surface area contributed by atoms with Gasteiger partial charge in [0.1, 0.15) is 17.3 Å². The van der Waals surface area contributed by atoms with Crippen molar-refractivity contribution in [3.8, 4) is 67.5 Å². The van der Waals surface area contributed by atoms with Crippen molar-refractivity contribution in [2.24, 2.45) is 47.3 Å². The van der Waals surface area contributed by atoms with Crippen molar-refractivity contribution >= 4 is 0 Å². The minimum atomic E-state index is -5.15. The fourth-order valence-corrected chi connectivity index (χ4v) is 15.0. The number of alkyl halides is 12. The number of halogens is 16. The maximum absolute atomic E-state index is 14.5. The highest BCUT2D eigenvalue weighted by molar-refractivity contribution is 5.68. The van der Waals surface area contributed by atoms with Gasteiger partial charge in [0.2, 0.25) is 5.75 Å². The average molecular weight is 1520 g/mol. The quantitative estimate of drug-likeness (QED) is 0.0713. The van der Waals surface area contributed by atoms with E-state index in [4.69, 9.17) is 0 Å². The van der Waals surface area contributed by atoms with Crippen molar-refractivity contribution in [2.45, 2.75) is 207 Å². The van der Waals surface area contributed by atoms with E-state index in [2.05, 4.69) is 58.8 Å². The van der Waals surface area contributed by atoms with Crippen LogP contribution in [0.25, 0.3) is 44.5 Å². The number of rotatable bonds is 20. The number of ether oxygens (including phenoxy) is 4. The lowest BCUT2D eigenvalue weighted by atomic mass is 9.80. The first-order valence-corrected chi connectivity index (χ1v) is 37.8. The largest absolute Gasteiger partial charge is 0.573 e. The fraction of sp³-hybridized carbons (Fsp3) is 0.455. The van der Waals surface area contributed by atoms with Gasteiger partial charge in [-0.15, -0.1) is 52.7 Å². The van der Waals surface area contributed by atoms with E-state index in [1.165, 1.54) is 169 Å². The van der Waals surface area contributed by atoms with Crippen LogP contribution in [0.1, 0.15) is 178 Å². The van der Waals surface area contributed by atoms with Gasteiger partial charge in [-0.05, 0) is 215 Å². The van der Waals surface area contributed by atoms with Crippen LogP contribution in [0.5, 0.6) is 23.0 Å². The van der Waals surface area contributed by atoms with Gasteiger partial charge in [0.25, 0.3) is 0 Å². The van der Waals surface area contributed by atoms with Crippen LogP contribution in [-0.4, -0.2) is 25.4 Å². The summed E-state index contributed by atoms with van der Waals surface area (Å²) in [7, 11) is 0. The second-order valence-corrected chi connectivity index (χ2v) is 30.2. The normalized spacial score (nSPS) is 20.5. The summed E-state index contributed by atoms with van der Waals surface area (Å²) in [6.45, 7) is 9.25. The zero-order valence-electron chi connectivity index (χ0n) is 61.4. The summed E-state index contributed by atoms with van der Waals surface area (Å²) in [5.74, 6) is -0.388. The zero-order valence-corrected chi connectivity index (χ0v) is 61.4. The lowest BCUT2D eigenvalue weighted by Crippen LogP contribution is -2.19. The minimum Gasteiger partial charge on any atom is -0.406 e. The van der Waals surface area contributed by atoms with Crippen LogP contribution in [0, 0.1) is 70.6 Å². The lowest BCUT2D eigenvalue weighted by Gasteiger charge is -2.26. The second kappa shape index (κ2) is 39.0. The van der Waals surface area contributed by atoms with E-state index >= 15 is 0 Å². The molecule has 4 aliphatic carbocycles. The molecule has 108 heavy (non-hydrogen) atoms. The van der Waals surface area contributed by atoms with Crippen molar-refractivity contribution in [2.75, 3.05) is 0 Å². The predicted octanol–water partition coefficient (Wildman–Crippen LogP) is 28.6. The van der Waals surface area contributed by atoms with Crippen LogP contribution in [0.15, 0.2) is 170 Å². The first-order chi connectivity index (χ1) is 51.2. The number of benzene rings is 8. The van der Waals surface area contributed by atoms with Crippen molar-refractivity contribution in [1.29, 1.82) is 0 Å². The summed E-state index contributed by atoms with van der Waals surface area (Å²) in [5.41, 5.74) is 9.43. The highest BCUT2D eigenvalue weighted by Crippen LogP contribution is 2.39. The molecule has 0 amide bonds. The Labute approximate surface area is 624 Å². The molecule has 0 aromatic heterocycles. The van der Waals surface area contributed by atoms with Gasteiger partial charge in [-0.1, -0.05) is 246 Å². The number of aryl methyl sites for hydroxylation is 4. The molecule has 0 aliphatic heterocycles. The highest BCUT2D eigenvalue weighted by atomic mass is 19.4. The first kappa shape index (κ1) is 83.9. The monoisotopic (exact) mass is 1520 g/mol. The molecule has 0 saturated heterocycles. The first-order valence-electron chi connectivity index (χ1n) is 37.8. The summed E-state index contributed by atoms with van der Waals surface area (Å²) in [4.78, 5) is 0. The molecule has 8 aromatic rings. The van der Waals surface area contributed by atoms with Gasteiger partial charge in [0, 0.05) is 5.56 Å². The molecule has 0 N–H and O–H groups in total. The van der Waals surface area contributed by atoms with Crippen molar-refractivity contribution in [3.05, 3.63) is 215 Å². The molecule has 4 fully saturated rings. The van der Waals surface area contributed by atoms with E-state index in [0.29, 0.717) is 22.3 Å². The van der Waals surface area contributed by atoms with Crippen LogP contribution in [0.2, 0.25) is 0 Å². The summed E-state index contributed by atoms with van der Waals surface area (Å²) in [6.07, 6.45) is 9.99. The molecule has 0 atom stereocenters. The van der Waals surface area contributed by atoms with E-state index < -0.39 is 54.4 Å². The van der Waals surface area contributed by atoms with Crippen LogP contribution >= 0.6 is 0 Å². The molecule has 584 valence electrons. The SMILES string of the molecule is CC1CCC(CCc2ccc(-c3cc(F)c(OC(F)(F)F)c(F)c3)cc2)CC1.CC1CCC(CCc2ccc(-c3ccc(OC(F)(F)F)c(F)c3)cc2)CC1.CC1CCC(CCc2ccc(-c3ccc(OC(F)(F)F)cc3)c(F)c2)CC1.CC1CCC(CCc2ccc(-c3ccc(OC(F)(F)F)cc3)cc2)CC1. The van der Waals surface area contributed by atoms with Gasteiger partial charge in [-0.2, -0.15) is 0 Å². The molecule has 0 spiro atoms. The van der Waals surface area contributed by atoms with Crippen LogP contribution < -0.4 is 18.9 Å². The van der Waals surface area contributed by atoms with Gasteiger partial charge in [-0.25, -0.2) is 17.6 Å². The van der Waals surface area contributed by atoms with Crippen molar-refractivity contribution in [1.82, 2.24) is 0 Å². The summed E-state index contributed by atoms with van der Waals surface area (Å²) in [6, 6.07) is 45.0. The highest BCUT2D eigenvalue weighted by Gasteiger charge is 2.36. The average Bonchev–Trinajstić information content (AvgIpc) is 0.824. The molecule has 12 rings (SSSR count). The summed E-state index contributed by atoms with van der Waals surface area (Å²) in [5, 5.41) is 0. The summed E-state index contributed by atoms with van der Waals surface area (Å²) >= 11 is 0. The van der Waals surface area contributed by atoms with Gasteiger partial charge >= 0.3 is 25.4 Å². The third-order valence-electron chi connectivity index (χ3n) is 21.7. The van der Waals surface area contributed by atoms with Gasteiger partial charge in [0.15, 0.2) is 23.2 Å². The Morgan fingerprint density at radius 3 is 0.861 bits per heavy atom. The Kier molecular flexibility index (Phi) is 30.3. The molecule has 4 aliphatic rings. The molecule has 20 heteroatoms. The van der Waals surface area contributed by atoms with Gasteiger partial charge in [0.05, 0.1) is 0 Å². The van der Waals surface area contributed by atoms with Crippen LogP contribution in [0.4, 0.5) is 70.2 Å². The van der Waals surface area contributed by atoms with Crippen LogP contribution in [0.3, 0.4) is 0 Å². The van der Waals surface area contributed by atoms with E-state index in [1.807, 2.05) is 54.6 Å². The Balaban J connectivity index is 0.000000166. The predicted molar refractivity (Wildman–Crippen MR) is 392 cm³/mol. The van der Waals surface area contributed by atoms with E-state index in [1.54, 1.807) is 36.4 Å². The molecule has 4 saturated carbocycles. The van der Waals surface area contributed by atoms with E-state index in [-0.39, 0.29) is 22.9 Å². The van der Waals surface area contributed by atoms with Gasteiger partial charge < -0.3 is 18.9 Å². The van der Waals surface area contributed by atoms with Crippen molar-refractivity contribution in [3.63, 3.8) is 0 Å². The third-order valence-corrected chi connectivity index (χ3v) is 21.7. The van der Waals surface area contributed by atoms with E-state index in [9.17, 15) is 70.2 Å². The standard InChI is InChI=1S/C22H23F5O.2C22H24F4O.C22H25F3O/c1-14-2-4-15(5-3-14)6-7-16-8-10-17(11-9-16)18-12-19(23)21(20(24)13-18)28-22(25,26)27;1-15-2-4-16(5-3-15)6-7-17-8-13-20(21(23)14-17)18-9-11-19(12-10-18)27-22(24,25)26;1-15-2-4-16(5-3-15)6-7-17-8-10-18(11-9-17)19-12-13-21(20(23)14-19)27-22(24,25)26;1-16-2-4-17(5-3-16)6-7-18-8-10-19(11-9-18)20-12-14-21(15-13-20)26-22(23,24)25/h8-15H,2-7H2,1H3;2*8-16H,2-7H2,1H3;8-17H,2-7H2,1H3.